The summed E-state index contributed by atoms with van der Waals surface area (Å²) in [5, 5.41) is 11.6. The third-order valence-electron chi connectivity index (χ3n) is 8.89. The number of unbranched alkanes of at least 4 members (excludes halogenated alkanes) is 17. The average molecular weight is 750 g/mol. The fourth-order valence-corrected chi connectivity index (χ4v) is 5.54. The Hall–Kier alpha value is -2.49. The number of rotatable bonds is 38. The Kier molecular flexibility index (Phi) is 34.8. The number of likely N-dealkylation sites (N-methyl/N-ethyl adjacent to an activating group) is 1. The van der Waals surface area contributed by atoms with Crippen LogP contribution in [-0.4, -0.2) is 82.3 Å². The molecule has 0 fully saturated rings. The lowest BCUT2D eigenvalue weighted by Crippen LogP contribution is -2.44. The van der Waals surface area contributed by atoms with Crippen LogP contribution >= 0.6 is 0 Å². The zero-order chi connectivity index (χ0) is 39.3. The van der Waals surface area contributed by atoms with Gasteiger partial charge in [0.2, 0.25) is 0 Å². The molecule has 0 amide bonds. The summed E-state index contributed by atoms with van der Waals surface area (Å²) in [7, 11) is 5.89. The first kappa shape index (κ1) is 50.5. The highest BCUT2D eigenvalue weighted by Gasteiger charge is 2.21. The van der Waals surface area contributed by atoms with Crippen LogP contribution in [0.4, 0.5) is 0 Å². The summed E-state index contributed by atoms with van der Waals surface area (Å²) in [6.45, 7) is 4.66. The van der Waals surface area contributed by atoms with E-state index in [1.165, 1.54) is 64.2 Å². The van der Waals surface area contributed by atoms with Crippen LogP contribution in [0, 0.1) is 0 Å². The minimum Gasteiger partial charge on any atom is -0.545 e. The van der Waals surface area contributed by atoms with Crippen molar-refractivity contribution in [3.05, 3.63) is 36.5 Å². The number of carbonyl (C=O) groups excluding carboxylic acids is 3. The van der Waals surface area contributed by atoms with E-state index in [2.05, 4.69) is 50.3 Å². The molecule has 0 aromatic heterocycles. The van der Waals surface area contributed by atoms with Crippen molar-refractivity contribution in [2.24, 2.45) is 0 Å². The summed E-state index contributed by atoms with van der Waals surface area (Å²) >= 11 is 0. The van der Waals surface area contributed by atoms with Crippen molar-refractivity contribution in [3.63, 3.8) is 0 Å². The molecule has 0 aromatic carbocycles. The summed E-state index contributed by atoms with van der Waals surface area (Å²) in [5.41, 5.74) is 0. The fraction of sp³-hybridized carbons (Fsp3) is 0.795. The Morgan fingerprint density at radius 2 is 1.02 bits per heavy atom. The highest BCUT2D eigenvalue weighted by atomic mass is 16.7. The lowest BCUT2D eigenvalue weighted by molar-refractivity contribution is -0.870. The number of esters is 2. The van der Waals surface area contributed by atoms with Crippen LogP contribution < -0.4 is 5.11 Å². The first-order valence-corrected chi connectivity index (χ1v) is 21.1. The summed E-state index contributed by atoms with van der Waals surface area (Å²) in [4.78, 5) is 36.8. The van der Waals surface area contributed by atoms with Gasteiger partial charge in [0.1, 0.15) is 13.2 Å². The smallest absolute Gasteiger partial charge is 0.306 e. The third-order valence-corrected chi connectivity index (χ3v) is 8.89. The Bertz CT molecular complexity index is 971. The maximum Gasteiger partial charge on any atom is 0.306 e. The molecule has 308 valence electrons. The van der Waals surface area contributed by atoms with Crippen LogP contribution in [-0.2, 0) is 33.3 Å². The minimum absolute atomic E-state index is 0.145. The van der Waals surface area contributed by atoms with Gasteiger partial charge in [0.15, 0.2) is 12.4 Å². The molecule has 0 N–H and O–H groups in total. The molecule has 0 saturated carbocycles. The van der Waals surface area contributed by atoms with Gasteiger partial charge >= 0.3 is 11.9 Å². The first-order valence-electron chi connectivity index (χ1n) is 21.1. The maximum absolute atomic E-state index is 12.7. The second kappa shape index (κ2) is 36.5. The van der Waals surface area contributed by atoms with Crippen LogP contribution in [0.5, 0.6) is 0 Å². The zero-order valence-corrected chi connectivity index (χ0v) is 34.6. The molecule has 2 atom stereocenters. The Morgan fingerprint density at radius 1 is 0.566 bits per heavy atom. The number of hydrogen-bond donors (Lipinski definition) is 0. The van der Waals surface area contributed by atoms with E-state index < -0.39 is 24.3 Å². The molecule has 0 aliphatic heterocycles. The Morgan fingerprint density at radius 3 is 1.55 bits per heavy atom. The second-order valence-electron chi connectivity index (χ2n) is 15.3. The predicted molar refractivity (Wildman–Crippen MR) is 214 cm³/mol. The number of carbonyl (C=O) groups is 3. The molecule has 2 unspecified atom stereocenters. The van der Waals surface area contributed by atoms with Gasteiger partial charge in [-0.2, -0.15) is 0 Å². The average Bonchev–Trinajstić information content (AvgIpc) is 3.11. The van der Waals surface area contributed by atoms with Gasteiger partial charge in [-0.3, -0.25) is 9.59 Å². The molecule has 53 heavy (non-hydrogen) atoms. The van der Waals surface area contributed by atoms with Gasteiger partial charge in [-0.05, 0) is 51.4 Å². The van der Waals surface area contributed by atoms with E-state index in [4.69, 9.17) is 18.9 Å². The van der Waals surface area contributed by atoms with E-state index in [1.54, 1.807) is 0 Å². The highest BCUT2D eigenvalue weighted by Crippen LogP contribution is 2.13. The molecule has 0 bridgehead atoms. The molecule has 0 rings (SSSR count). The van der Waals surface area contributed by atoms with E-state index in [-0.39, 0.29) is 38.6 Å². The SMILES string of the molecule is CCCCC/C=C\C/C=C\C/C=C\CCCCCCCCC(=O)OC(COC(=O)CCCCCCCCCCC)COC(OCC[N+](C)(C)C)C(=O)[O-]. The Balaban J connectivity index is 4.45. The molecule has 0 saturated heterocycles. The van der Waals surface area contributed by atoms with Crippen LogP contribution in [0.15, 0.2) is 36.5 Å². The molecule has 0 radical (unpaired) electrons. The van der Waals surface area contributed by atoms with Gasteiger partial charge in [0.25, 0.3) is 0 Å². The summed E-state index contributed by atoms with van der Waals surface area (Å²) in [6, 6.07) is 0. The monoisotopic (exact) mass is 750 g/mol. The normalized spacial score (nSPS) is 13.3. The largest absolute Gasteiger partial charge is 0.545 e. The van der Waals surface area contributed by atoms with Gasteiger partial charge in [-0.15, -0.1) is 0 Å². The van der Waals surface area contributed by atoms with E-state index in [0.29, 0.717) is 17.4 Å². The molecule has 0 aliphatic rings. The van der Waals surface area contributed by atoms with Crippen molar-refractivity contribution in [3.8, 4) is 0 Å². The molecule has 0 spiro atoms. The molecular formula is C44H79NO8. The van der Waals surface area contributed by atoms with Crippen molar-refractivity contribution in [2.75, 3.05) is 47.5 Å². The molecule has 0 aliphatic carbocycles. The summed E-state index contributed by atoms with van der Waals surface area (Å²) < 4.78 is 22.4. The van der Waals surface area contributed by atoms with Crippen molar-refractivity contribution in [2.45, 2.75) is 180 Å². The first-order chi connectivity index (χ1) is 25.6. The van der Waals surface area contributed by atoms with Crippen molar-refractivity contribution in [1.29, 1.82) is 0 Å². The van der Waals surface area contributed by atoms with Crippen molar-refractivity contribution < 1.29 is 42.9 Å². The quantitative estimate of drug-likeness (QED) is 0.0202. The topological polar surface area (TPSA) is 111 Å². The van der Waals surface area contributed by atoms with Gasteiger partial charge in [0, 0.05) is 12.8 Å². The van der Waals surface area contributed by atoms with Gasteiger partial charge < -0.3 is 33.3 Å². The molecule has 9 heteroatoms. The Labute approximate surface area is 324 Å². The van der Waals surface area contributed by atoms with Gasteiger partial charge in [-0.25, -0.2) is 0 Å². The molecule has 0 aromatic rings. The minimum atomic E-state index is -1.62. The van der Waals surface area contributed by atoms with E-state index >= 15 is 0 Å². The van der Waals surface area contributed by atoms with Crippen molar-refractivity contribution in [1.82, 2.24) is 0 Å². The number of aliphatic carboxylic acids is 1. The van der Waals surface area contributed by atoms with E-state index in [9.17, 15) is 19.5 Å². The number of allylic oxidation sites excluding steroid dienone is 6. The zero-order valence-electron chi connectivity index (χ0n) is 34.6. The fourth-order valence-electron chi connectivity index (χ4n) is 5.54. The van der Waals surface area contributed by atoms with Crippen LogP contribution in [0.2, 0.25) is 0 Å². The molecule has 0 heterocycles. The standard InChI is InChI=1S/C44H79NO8/c1-6-8-10-12-14-16-17-18-19-20-21-22-23-24-25-27-29-31-33-35-42(47)53-40(39-52-44(43(48)49)50-37-36-45(3,4)5)38-51-41(46)34-32-30-28-26-15-13-11-9-7-2/h14,16,18-19,21-22,40,44H,6-13,15,17,20,23-39H2,1-5H3/b16-14-,19-18-,22-21-. The summed E-state index contributed by atoms with van der Waals surface area (Å²) in [5.74, 6) is -2.31. The van der Waals surface area contributed by atoms with Gasteiger partial charge in [0.05, 0.1) is 40.3 Å². The highest BCUT2D eigenvalue weighted by molar-refractivity contribution is 5.70. The molecular weight excluding hydrogens is 670 g/mol. The van der Waals surface area contributed by atoms with E-state index in [0.717, 1.165) is 70.6 Å². The number of carboxylic acid groups (broad SMARTS) is 1. The van der Waals surface area contributed by atoms with Crippen molar-refractivity contribution >= 4 is 17.9 Å². The lowest BCUT2D eigenvalue weighted by atomic mass is 10.1. The van der Waals surface area contributed by atoms with Crippen LogP contribution in [0.3, 0.4) is 0 Å². The van der Waals surface area contributed by atoms with Crippen LogP contribution in [0.25, 0.3) is 0 Å². The van der Waals surface area contributed by atoms with E-state index in [1.807, 2.05) is 21.1 Å². The predicted octanol–water partition coefficient (Wildman–Crippen LogP) is 9.33. The molecule has 9 nitrogen and oxygen atoms in total. The number of nitrogens with zero attached hydrogens (tertiary/aromatic N) is 1. The number of carboxylic acids is 1. The number of hydrogen-bond acceptors (Lipinski definition) is 8. The third kappa shape index (κ3) is 37.6. The lowest BCUT2D eigenvalue weighted by Gasteiger charge is -2.26. The van der Waals surface area contributed by atoms with Gasteiger partial charge in [-0.1, -0.05) is 140 Å². The second-order valence-corrected chi connectivity index (χ2v) is 15.3. The summed E-state index contributed by atoms with van der Waals surface area (Å²) in [6.07, 6.45) is 36.0. The van der Waals surface area contributed by atoms with Crippen LogP contribution in [0.1, 0.15) is 168 Å². The number of quaternary nitrogens is 1. The maximum atomic E-state index is 12.7. The number of ether oxygens (including phenoxy) is 4.